The first kappa shape index (κ1) is 21.4. The zero-order chi connectivity index (χ0) is 20.8. The van der Waals surface area contributed by atoms with Gasteiger partial charge in [0.15, 0.2) is 0 Å². The molecule has 28 heavy (non-hydrogen) atoms. The second-order valence-electron chi connectivity index (χ2n) is 7.07. The lowest BCUT2D eigenvalue weighted by Gasteiger charge is -2.21. The van der Waals surface area contributed by atoms with Crippen molar-refractivity contribution in [2.75, 3.05) is 0 Å². The number of benzene rings is 1. The van der Waals surface area contributed by atoms with Crippen molar-refractivity contribution in [1.82, 2.24) is 14.5 Å². The number of carboxylic acids is 2. The van der Waals surface area contributed by atoms with Crippen LogP contribution in [0.2, 0.25) is 0 Å². The van der Waals surface area contributed by atoms with Crippen molar-refractivity contribution in [1.29, 1.82) is 0 Å². The molecule has 0 fully saturated rings. The normalized spacial score (nSPS) is 13.4. The molecule has 0 unspecified atom stereocenters. The van der Waals surface area contributed by atoms with Gasteiger partial charge in [-0.05, 0) is 30.0 Å². The number of nitrogens with one attached hydrogen (secondary N) is 1. The van der Waals surface area contributed by atoms with Crippen molar-refractivity contribution in [3.05, 3.63) is 58.5 Å². The van der Waals surface area contributed by atoms with E-state index in [2.05, 4.69) is 5.32 Å². The van der Waals surface area contributed by atoms with E-state index in [1.165, 1.54) is 39.7 Å². The van der Waals surface area contributed by atoms with E-state index < -0.39 is 35.5 Å². The first-order valence-electron chi connectivity index (χ1n) is 8.89. The molecule has 0 saturated carbocycles. The molecule has 2 atom stereocenters. The summed E-state index contributed by atoms with van der Waals surface area (Å²) in [5, 5.41) is 21.4. The van der Waals surface area contributed by atoms with E-state index in [0.717, 1.165) is 0 Å². The predicted molar refractivity (Wildman–Crippen MR) is 99.6 cm³/mol. The Bertz CT molecular complexity index is 890. The number of halogens is 1. The largest absolute Gasteiger partial charge is 0.480 e. The molecule has 1 heterocycles. The quantitative estimate of drug-likeness (QED) is 0.562. The van der Waals surface area contributed by atoms with Crippen molar-refractivity contribution in [3.8, 4) is 0 Å². The Hall–Kier alpha value is -2.94. The molecule has 2 rings (SSSR count). The molecule has 152 valence electrons. The summed E-state index contributed by atoms with van der Waals surface area (Å²) < 4.78 is 15.8. The van der Waals surface area contributed by atoms with Gasteiger partial charge in [-0.3, -0.25) is 24.0 Å². The summed E-state index contributed by atoms with van der Waals surface area (Å²) in [6.45, 7) is 3.58. The summed E-state index contributed by atoms with van der Waals surface area (Å²) in [4.78, 5) is 35.5. The fourth-order valence-corrected chi connectivity index (χ4v) is 2.90. The molecule has 1 aromatic heterocycles. The van der Waals surface area contributed by atoms with Gasteiger partial charge in [0.2, 0.25) is 0 Å². The number of aromatic nitrogens is 2. The minimum Gasteiger partial charge on any atom is -0.480 e. The van der Waals surface area contributed by atoms with Crippen molar-refractivity contribution >= 4 is 11.9 Å². The summed E-state index contributed by atoms with van der Waals surface area (Å²) >= 11 is 0. The summed E-state index contributed by atoms with van der Waals surface area (Å²) in [5.41, 5.74) is 0.128. The first-order valence-corrected chi connectivity index (χ1v) is 8.89. The van der Waals surface area contributed by atoms with Crippen LogP contribution in [-0.2, 0) is 22.7 Å². The standard InChI is InChI=1S/C19H24FN3O5/c1-12(2)8-15(17(24)25)21-16(18(26)27)11-23-7-6-22(19(23)28)10-13-4-3-5-14(20)9-13/h3-7,9,12,15-16,21H,8,10-11H2,1-2H3,(H,24,25)(H,26,27)/t15-,16-/m0/s1. The van der Waals surface area contributed by atoms with Gasteiger partial charge in [0.05, 0.1) is 13.1 Å². The Balaban J connectivity index is 2.15. The highest BCUT2D eigenvalue weighted by Gasteiger charge is 2.27. The Morgan fingerprint density at radius 1 is 1.11 bits per heavy atom. The van der Waals surface area contributed by atoms with E-state index in [4.69, 9.17) is 0 Å². The number of carbonyl (C=O) groups is 2. The van der Waals surface area contributed by atoms with Crippen LogP contribution in [0.15, 0.2) is 41.5 Å². The molecule has 9 heteroatoms. The molecule has 1 aromatic carbocycles. The van der Waals surface area contributed by atoms with Crippen LogP contribution in [0, 0.1) is 11.7 Å². The third-order valence-corrected chi connectivity index (χ3v) is 4.24. The second kappa shape index (κ2) is 9.32. The fourth-order valence-electron chi connectivity index (χ4n) is 2.90. The van der Waals surface area contributed by atoms with Crippen LogP contribution in [0.25, 0.3) is 0 Å². The highest BCUT2D eigenvalue weighted by atomic mass is 19.1. The Kier molecular flexibility index (Phi) is 7.11. The maximum absolute atomic E-state index is 13.3. The van der Waals surface area contributed by atoms with Gasteiger partial charge in [-0.1, -0.05) is 26.0 Å². The lowest BCUT2D eigenvalue weighted by Crippen LogP contribution is -2.50. The number of carboxylic acid groups (broad SMARTS) is 2. The molecular formula is C19H24FN3O5. The number of rotatable bonds is 10. The van der Waals surface area contributed by atoms with Gasteiger partial charge in [-0.2, -0.15) is 0 Å². The van der Waals surface area contributed by atoms with E-state index in [0.29, 0.717) is 5.56 Å². The Labute approximate surface area is 161 Å². The molecule has 2 aromatic rings. The molecule has 0 saturated heterocycles. The monoisotopic (exact) mass is 393 g/mol. The molecule has 0 spiro atoms. The molecule has 0 aliphatic heterocycles. The SMILES string of the molecule is CC(C)C[C@H](N[C@@H](Cn1ccn(Cc2cccc(F)c2)c1=O)C(=O)O)C(=O)O. The average Bonchev–Trinajstić information content (AvgIpc) is 2.93. The van der Waals surface area contributed by atoms with Crippen LogP contribution in [0.1, 0.15) is 25.8 Å². The van der Waals surface area contributed by atoms with Crippen molar-refractivity contribution in [2.45, 2.75) is 45.4 Å². The maximum Gasteiger partial charge on any atom is 0.328 e. The van der Waals surface area contributed by atoms with Crippen molar-refractivity contribution in [3.63, 3.8) is 0 Å². The minimum atomic E-state index is -1.25. The lowest BCUT2D eigenvalue weighted by atomic mass is 10.0. The summed E-state index contributed by atoms with van der Waals surface area (Å²) in [5.74, 6) is -2.75. The van der Waals surface area contributed by atoms with Crippen LogP contribution < -0.4 is 11.0 Å². The molecular weight excluding hydrogens is 369 g/mol. The van der Waals surface area contributed by atoms with Gasteiger partial charge >= 0.3 is 17.6 Å². The smallest absolute Gasteiger partial charge is 0.328 e. The van der Waals surface area contributed by atoms with Crippen molar-refractivity contribution in [2.24, 2.45) is 5.92 Å². The van der Waals surface area contributed by atoms with Gasteiger partial charge in [-0.15, -0.1) is 0 Å². The number of nitrogens with zero attached hydrogens (tertiary/aromatic N) is 2. The molecule has 0 amide bonds. The molecule has 0 bridgehead atoms. The van der Waals surface area contributed by atoms with Gasteiger partial charge in [-0.25, -0.2) is 9.18 Å². The molecule has 3 N–H and O–H groups in total. The Morgan fingerprint density at radius 2 is 1.75 bits per heavy atom. The van der Waals surface area contributed by atoms with Crippen LogP contribution in [0.4, 0.5) is 4.39 Å². The fraction of sp³-hybridized carbons (Fsp3) is 0.421. The van der Waals surface area contributed by atoms with Crippen LogP contribution in [-0.4, -0.2) is 43.4 Å². The first-order chi connectivity index (χ1) is 13.2. The van der Waals surface area contributed by atoms with Crippen molar-refractivity contribution < 1.29 is 24.2 Å². The maximum atomic E-state index is 13.3. The van der Waals surface area contributed by atoms with Gasteiger partial charge < -0.3 is 10.2 Å². The van der Waals surface area contributed by atoms with E-state index in [-0.39, 0.29) is 25.4 Å². The zero-order valence-corrected chi connectivity index (χ0v) is 15.7. The van der Waals surface area contributed by atoms with E-state index in [1.54, 1.807) is 6.07 Å². The second-order valence-corrected chi connectivity index (χ2v) is 7.07. The van der Waals surface area contributed by atoms with Gasteiger partial charge in [0.1, 0.15) is 17.9 Å². The Morgan fingerprint density at radius 3 is 2.32 bits per heavy atom. The number of aliphatic carboxylic acids is 2. The minimum absolute atomic E-state index is 0.0538. The highest BCUT2D eigenvalue weighted by molar-refractivity contribution is 5.77. The predicted octanol–water partition coefficient (Wildman–Crippen LogP) is 1.38. The lowest BCUT2D eigenvalue weighted by molar-refractivity contribution is -0.143. The summed E-state index contributed by atoms with van der Waals surface area (Å²) in [6, 6.07) is 3.55. The van der Waals surface area contributed by atoms with Crippen LogP contribution >= 0.6 is 0 Å². The third kappa shape index (κ3) is 5.78. The van der Waals surface area contributed by atoms with Crippen LogP contribution in [0.3, 0.4) is 0 Å². The average molecular weight is 393 g/mol. The third-order valence-electron chi connectivity index (χ3n) is 4.24. The molecule has 8 nitrogen and oxygen atoms in total. The number of imidazole rings is 1. The number of hydrogen-bond acceptors (Lipinski definition) is 4. The molecule has 0 radical (unpaired) electrons. The van der Waals surface area contributed by atoms with Gasteiger partial charge in [0, 0.05) is 12.4 Å². The van der Waals surface area contributed by atoms with E-state index in [9.17, 15) is 29.0 Å². The molecule has 0 aliphatic rings. The van der Waals surface area contributed by atoms with Crippen LogP contribution in [0.5, 0.6) is 0 Å². The topological polar surface area (TPSA) is 114 Å². The number of hydrogen-bond donors (Lipinski definition) is 3. The zero-order valence-electron chi connectivity index (χ0n) is 15.7. The summed E-state index contributed by atoms with van der Waals surface area (Å²) in [6.07, 6.45) is 3.17. The van der Waals surface area contributed by atoms with E-state index >= 15 is 0 Å². The van der Waals surface area contributed by atoms with E-state index in [1.807, 2.05) is 13.8 Å². The highest BCUT2D eigenvalue weighted by Crippen LogP contribution is 2.08. The summed E-state index contributed by atoms with van der Waals surface area (Å²) in [7, 11) is 0. The van der Waals surface area contributed by atoms with Gasteiger partial charge in [0.25, 0.3) is 0 Å². The molecule has 0 aliphatic carbocycles.